The molecule has 2 aliphatic rings. The highest BCUT2D eigenvalue weighted by Gasteiger charge is 2.38. The minimum Gasteiger partial charge on any atom is -0.496 e. The Labute approximate surface area is 183 Å². The third kappa shape index (κ3) is 4.92. The summed E-state index contributed by atoms with van der Waals surface area (Å²) >= 11 is -0.356. The van der Waals surface area contributed by atoms with Gasteiger partial charge < -0.3 is 10.1 Å². The van der Waals surface area contributed by atoms with Crippen molar-refractivity contribution < 1.29 is 22.7 Å². The fourth-order valence-electron chi connectivity index (χ4n) is 4.21. The van der Waals surface area contributed by atoms with E-state index >= 15 is 0 Å². The molecule has 1 heterocycles. The van der Waals surface area contributed by atoms with Gasteiger partial charge in [0.1, 0.15) is 11.9 Å². The Hall–Kier alpha value is -0.810. The van der Waals surface area contributed by atoms with Crippen LogP contribution in [0.25, 0.3) is 0 Å². The normalized spacial score (nSPS) is 25.3. The van der Waals surface area contributed by atoms with Crippen LogP contribution in [0.15, 0.2) is 17.0 Å². The van der Waals surface area contributed by atoms with Crippen LogP contribution in [0.3, 0.4) is 0 Å². The van der Waals surface area contributed by atoms with Crippen LogP contribution in [-0.4, -0.2) is 60.0 Å². The van der Waals surface area contributed by atoms with Crippen molar-refractivity contribution in [2.24, 2.45) is 0 Å². The number of benzene rings is 1. The molecule has 162 valence electrons. The predicted octanol–water partition coefficient (Wildman–Crippen LogP) is 4.56. The highest BCUT2D eigenvalue weighted by molar-refractivity contribution is 14.2. The summed E-state index contributed by atoms with van der Waals surface area (Å²) in [6, 6.07) is 2.65. The van der Waals surface area contributed by atoms with Gasteiger partial charge in [0.2, 0.25) is 0 Å². The lowest BCUT2D eigenvalue weighted by Gasteiger charge is -2.30. The molecule has 1 unspecified atom stereocenters. The molecule has 0 radical (unpaired) electrons. The van der Waals surface area contributed by atoms with E-state index in [9.17, 15) is 18.0 Å². The van der Waals surface area contributed by atoms with E-state index in [1.807, 2.05) is 0 Å². The second-order valence-corrected chi connectivity index (χ2v) is 10.3. The lowest BCUT2D eigenvalue weighted by molar-refractivity contribution is 0.0902. The molecule has 1 saturated carbocycles. The number of nitrogens with zero attached hydrogens (tertiary/aromatic N) is 1. The number of thioether (sulfide) groups is 1. The van der Waals surface area contributed by atoms with E-state index in [1.54, 1.807) is 6.26 Å². The first-order chi connectivity index (χ1) is 13.8. The van der Waals surface area contributed by atoms with E-state index in [2.05, 4.69) is 14.7 Å². The first-order valence-electron chi connectivity index (χ1n) is 9.53. The van der Waals surface area contributed by atoms with Gasteiger partial charge in [-0.05, 0) is 64.8 Å². The van der Waals surface area contributed by atoms with Gasteiger partial charge in [0.05, 0.1) is 12.7 Å². The molecule has 1 N–H and O–H groups in total. The third-order valence-electron chi connectivity index (χ3n) is 5.66. The van der Waals surface area contributed by atoms with Gasteiger partial charge in [0.15, 0.2) is 0 Å². The largest absolute Gasteiger partial charge is 0.496 e. The second kappa shape index (κ2) is 9.55. The molecule has 1 amide bonds. The van der Waals surface area contributed by atoms with Gasteiger partial charge in [-0.15, -0.1) is 11.8 Å². The number of methoxy groups -OCH3 is 1. The van der Waals surface area contributed by atoms with E-state index in [4.69, 9.17) is 4.74 Å². The van der Waals surface area contributed by atoms with Crippen LogP contribution in [0.5, 0.6) is 5.75 Å². The fraction of sp³-hybridized carbons (Fsp3) is 0.600. The van der Waals surface area contributed by atoms with Crippen LogP contribution in [0, 0.1) is 0 Å². The number of halogens is 4. The van der Waals surface area contributed by atoms with Gasteiger partial charge in [0.25, 0.3) is 5.91 Å². The maximum atomic E-state index is 14.2. The zero-order chi connectivity index (χ0) is 21.2. The first-order valence-corrected chi connectivity index (χ1v) is 13.4. The monoisotopic (exact) mass is 542 g/mol. The quantitative estimate of drug-likeness (QED) is 0.312. The van der Waals surface area contributed by atoms with Crippen molar-refractivity contribution in [2.45, 2.75) is 52.8 Å². The average Bonchev–Trinajstić information content (AvgIpc) is 3.35. The number of ether oxygens (including phenoxy) is 1. The highest BCUT2D eigenvalue weighted by atomic mass is 127. The minimum absolute atomic E-state index is 0.0842. The molecule has 1 aromatic carbocycles. The molecule has 1 saturated heterocycles. The van der Waals surface area contributed by atoms with Gasteiger partial charge in [-0.3, -0.25) is 9.69 Å². The van der Waals surface area contributed by atoms with Crippen LogP contribution in [-0.2, 0) is 3.93 Å². The molecule has 0 aromatic heterocycles. The summed E-state index contributed by atoms with van der Waals surface area (Å²) < 4.78 is 47.8. The average molecular weight is 542 g/mol. The summed E-state index contributed by atoms with van der Waals surface area (Å²) in [5.74, 6) is -0.195. The van der Waals surface area contributed by atoms with Crippen molar-refractivity contribution in [1.82, 2.24) is 10.2 Å². The van der Waals surface area contributed by atoms with Crippen LogP contribution in [0.1, 0.15) is 41.6 Å². The first kappa shape index (κ1) is 22.9. The molecule has 0 bridgehead atoms. The van der Waals surface area contributed by atoms with Crippen LogP contribution in [0.4, 0.5) is 13.2 Å². The number of likely N-dealkylation sites (tertiary alicyclic amines) is 1. The Morgan fingerprint density at radius 2 is 2.14 bits per heavy atom. The molecule has 3 atom stereocenters. The zero-order valence-corrected chi connectivity index (χ0v) is 19.5. The number of carbonyl (C=O) groups is 1. The Bertz CT molecular complexity index is 755. The Morgan fingerprint density at radius 3 is 2.72 bits per heavy atom. The standard InChI is InChI=1S/C20H26F3IN2O2S/c1-24-20(22,23)12-9-16(28-2)18(17(10-12)29-3)19(27)25-14-5-4-6-15(14)26-8-7-13(21)11-26/h9-10,13-15H,1,4-8,11H2,2-3H3,(H,25,27)/t13?,14-,15+/m1/s1. The maximum Gasteiger partial charge on any atom is 0.316 e. The second-order valence-electron chi connectivity index (χ2n) is 7.35. The molecule has 29 heavy (non-hydrogen) atoms. The number of carbonyl (C=O) groups excluding carboxylic acids is 1. The van der Waals surface area contributed by atoms with Gasteiger partial charge in [-0.2, -0.15) is 8.78 Å². The fourth-order valence-corrected chi connectivity index (χ4v) is 5.60. The lowest BCUT2D eigenvalue weighted by Crippen LogP contribution is -2.48. The van der Waals surface area contributed by atoms with Crippen molar-refractivity contribution in [3.63, 3.8) is 0 Å². The molecule has 3 rings (SSSR count). The maximum absolute atomic E-state index is 14.2. The van der Waals surface area contributed by atoms with Crippen LogP contribution in [0.2, 0.25) is 0 Å². The van der Waals surface area contributed by atoms with E-state index in [0.29, 0.717) is 24.4 Å². The summed E-state index contributed by atoms with van der Waals surface area (Å²) in [5.41, 5.74) is 0.111. The van der Waals surface area contributed by atoms with Gasteiger partial charge in [0, 0.05) is 35.6 Å². The molecule has 4 nitrogen and oxygen atoms in total. The third-order valence-corrected chi connectivity index (χ3v) is 8.00. The van der Waals surface area contributed by atoms with Gasteiger partial charge in [-0.1, -0.05) is 4.51 Å². The molecular weight excluding hydrogens is 516 g/mol. The summed E-state index contributed by atoms with van der Waals surface area (Å²) in [6.45, 7) is 1.11. The number of nitrogens with one attached hydrogen (secondary N) is 1. The van der Waals surface area contributed by atoms with Crippen molar-refractivity contribution in [3.05, 3.63) is 23.3 Å². The van der Waals surface area contributed by atoms with E-state index in [-0.39, 0.29) is 34.9 Å². The number of alkyl halides is 4. The van der Waals surface area contributed by atoms with Crippen LogP contribution < -0.4 is 10.1 Å². The summed E-state index contributed by atoms with van der Waals surface area (Å²) in [7, 11) is 1.38. The molecular formula is C20H26F3IN2O2S. The zero-order valence-electron chi connectivity index (χ0n) is 16.5. The number of rotatable bonds is 7. The number of amides is 1. The van der Waals surface area contributed by atoms with Crippen LogP contribution >= 0.6 is 32.5 Å². The Kier molecular flexibility index (Phi) is 7.53. The van der Waals surface area contributed by atoms with Crippen molar-refractivity contribution in [3.8, 4) is 5.75 Å². The SMILES string of the molecule is C=IC(F)(F)c1cc(OC)c(C(=O)N[C@@H]2CCC[C@@H]2N2CCC(F)C2)c(SC)c1. The summed E-state index contributed by atoms with van der Waals surface area (Å²) in [5, 5.41) is 3.07. The Balaban J connectivity index is 1.85. The molecule has 0 spiro atoms. The predicted molar refractivity (Wildman–Crippen MR) is 120 cm³/mol. The Morgan fingerprint density at radius 1 is 1.38 bits per heavy atom. The molecule has 1 aliphatic carbocycles. The molecule has 1 aromatic rings. The lowest BCUT2D eigenvalue weighted by atomic mass is 10.1. The van der Waals surface area contributed by atoms with Gasteiger partial charge >= 0.3 is 3.93 Å². The topological polar surface area (TPSA) is 41.6 Å². The molecule has 9 heteroatoms. The number of hydrogen-bond acceptors (Lipinski definition) is 4. The van der Waals surface area contributed by atoms with E-state index < -0.39 is 30.8 Å². The number of hydrogen-bond donors (Lipinski definition) is 1. The van der Waals surface area contributed by atoms with Gasteiger partial charge in [-0.25, -0.2) is 4.39 Å². The summed E-state index contributed by atoms with van der Waals surface area (Å²) in [6.07, 6.45) is 4.18. The minimum atomic E-state index is -2.99. The van der Waals surface area contributed by atoms with E-state index in [1.165, 1.54) is 31.0 Å². The van der Waals surface area contributed by atoms with Crippen molar-refractivity contribution in [1.29, 1.82) is 0 Å². The molecule has 1 aliphatic heterocycles. The van der Waals surface area contributed by atoms with Crippen molar-refractivity contribution >= 4 is 42.9 Å². The van der Waals surface area contributed by atoms with Crippen molar-refractivity contribution in [2.75, 3.05) is 26.5 Å². The smallest absolute Gasteiger partial charge is 0.316 e. The highest BCUT2D eigenvalue weighted by Crippen LogP contribution is 2.43. The van der Waals surface area contributed by atoms with E-state index in [0.717, 1.165) is 19.3 Å². The summed E-state index contributed by atoms with van der Waals surface area (Å²) in [4.78, 5) is 15.7. The molecule has 2 fully saturated rings.